The van der Waals surface area contributed by atoms with Crippen molar-refractivity contribution in [2.24, 2.45) is 0 Å². The third kappa shape index (κ3) is 5.77. The van der Waals surface area contributed by atoms with Crippen molar-refractivity contribution in [3.8, 4) is 0 Å². The zero-order valence-electron chi connectivity index (χ0n) is 16.8. The Morgan fingerprint density at radius 2 is 1.22 bits per heavy atom. The predicted octanol–water partition coefficient (Wildman–Crippen LogP) is 6.20. The minimum absolute atomic E-state index is 0.361. The van der Waals surface area contributed by atoms with Crippen LogP contribution < -0.4 is 5.32 Å². The van der Waals surface area contributed by atoms with E-state index in [-0.39, 0.29) is 5.56 Å². The summed E-state index contributed by atoms with van der Waals surface area (Å²) < 4.78 is 226. The summed E-state index contributed by atoms with van der Waals surface area (Å²) >= 11 is 0. The summed E-state index contributed by atoms with van der Waals surface area (Å²) in [5.74, 6) is -27.4. The van der Waals surface area contributed by atoms with Crippen LogP contribution in [0.1, 0.15) is 5.56 Å². The van der Waals surface area contributed by atoms with Crippen molar-refractivity contribution in [2.45, 2.75) is 55.3 Å². The summed E-state index contributed by atoms with van der Waals surface area (Å²) in [7, 11) is 0. The van der Waals surface area contributed by atoms with Gasteiger partial charge < -0.3 is 5.32 Å². The van der Waals surface area contributed by atoms with E-state index in [0.717, 1.165) is 24.4 Å². The lowest BCUT2D eigenvalue weighted by Crippen LogP contribution is -2.68. The van der Waals surface area contributed by atoms with E-state index in [9.17, 15) is 79.4 Å². The monoisotopic (exact) mass is 586 g/mol. The van der Waals surface area contributed by atoms with Crippen LogP contribution in [-0.4, -0.2) is 59.3 Å². The lowest BCUT2D eigenvalue weighted by atomic mass is 10.2. The molecule has 0 bridgehead atoms. The molecule has 1 aromatic heterocycles. The van der Waals surface area contributed by atoms with Gasteiger partial charge in [0.1, 0.15) is 5.82 Å². The fourth-order valence-corrected chi connectivity index (χ4v) is 1.97. The Kier molecular flexibility index (Phi) is 8.11. The number of pyridine rings is 1. The molecule has 1 aromatic rings. The highest BCUT2D eigenvalue weighted by molar-refractivity contribution is 5.96. The second kappa shape index (κ2) is 9.27. The molecule has 0 aliphatic rings. The molecule has 214 valence electrons. The van der Waals surface area contributed by atoms with Gasteiger partial charge >= 0.3 is 54.3 Å². The molecule has 0 saturated heterocycles. The Morgan fingerprint density at radius 1 is 0.730 bits per heavy atom. The van der Waals surface area contributed by atoms with E-state index in [2.05, 4.69) is 4.98 Å². The second-order valence-corrected chi connectivity index (χ2v) is 6.62. The quantitative estimate of drug-likeness (QED) is 0.369. The van der Waals surface area contributed by atoms with Gasteiger partial charge in [-0.05, 0) is 18.6 Å². The number of aryl methyl sites for hydroxylation is 1. The van der Waals surface area contributed by atoms with Crippen LogP contribution in [0, 0.1) is 6.92 Å². The Labute approximate surface area is 191 Å². The summed E-state index contributed by atoms with van der Waals surface area (Å²) in [6.07, 6.45) is -38.0. The highest BCUT2D eigenvalue weighted by atomic mass is 19.4. The van der Waals surface area contributed by atoms with Crippen LogP contribution in [0.25, 0.3) is 0 Å². The van der Waals surface area contributed by atoms with Crippen LogP contribution in [0.3, 0.4) is 0 Å². The van der Waals surface area contributed by atoms with Gasteiger partial charge in [0.2, 0.25) is 0 Å². The number of carbonyl (C=O) groups is 1. The van der Waals surface area contributed by atoms with Gasteiger partial charge in [-0.1, -0.05) is 6.07 Å². The van der Waals surface area contributed by atoms with Crippen molar-refractivity contribution in [1.82, 2.24) is 4.98 Å². The van der Waals surface area contributed by atoms with E-state index in [1.807, 2.05) is 4.74 Å². The summed E-state index contributed by atoms with van der Waals surface area (Å²) in [6.45, 7) is 0.929. The highest BCUT2D eigenvalue weighted by Gasteiger charge is 2.85. The Hall–Kier alpha value is -2.65. The van der Waals surface area contributed by atoms with Crippen molar-refractivity contribution in [3.05, 3.63) is 23.9 Å². The first-order valence-corrected chi connectivity index (χ1v) is 8.42. The Morgan fingerprint density at radius 3 is 1.59 bits per heavy atom. The molecule has 1 N–H and O–H groups in total. The summed E-state index contributed by atoms with van der Waals surface area (Å²) in [5.41, 5.74) is -0.361. The van der Waals surface area contributed by atoms with E-state index >= 15 is 0 Å². The fraction of sp³-hybridized carbons (Fsp3) is 0.600. The van der Waals surface area contributed by atoms with E-state index in [1.54, 1.807) is 0 Å². The van der Waals surface area contributed by atoms with Crippen LogP contribution in [0.2, 0.25) is 0 Å². The van der Waals surface area contributed by atoms with E-state index < -0.39 is 60.1 Å². The molecular weight excluding hydrogens is 579 g/mol. The van der Waals surface area contributed by atoms with Gasteiger partial charge in [-0.25, -0.2) is 4.98 Å². The predicted molar refractivity (Wildman–Crippen MR) is 80.5 cm³/mol. The van der Waals surface area contributed by atoms with Crippen molar-refractivity contribution < 1.29 is 88.9 Å². The van der Waals surface area contributed by atoms with E-state index in [1.165, 1.54) is 4.74 Å². The Bertz CT molecular complexity index is 989. The molecule has 1 rings (SSSR count). The lowest BCUT2D eigenvalue weighted by Gasteiger charge is -2.40. The van der Waals surface area contributed by atoms with Crippen molar-refractivity contribution in [3.63, 3.8) is 0 Å². The molecular formula is C15H7F17N2O3. The van der Waals surface area contributed by atoms with Gasteiger partial charge in [0.25, 0.3) is 0 Å². The molecule has 0 aliphatic carbocycles. The van der Waals surface area contributed by atoms with Crippen molar-refractivity contribution in [2.75, 3.05) is 5.32 Å². The number of ether oxygens (including phenoxy) is 2. The first-order valence-electron chi connectivity index (χ1n) is 8.42. The van der Waals surface area contributed by atoms with Crippen LogP contribution in [-0.2, 0) is 14.3 Å². The number of alkyl halides is 17. The van der Waals surface area contributed by atoms with Gasteiger partial charge in [-0.2, -0.15) is 74.6 Å². The average Bonchev–Trinajstić information content (AvgIpc) is 2.66. The molecule has 0 aliphatic heterocycles. The molecule has 0 spiro atoms. The largest absolute Gasteiger partial charge is 0.462 e. The smallest absolute Gasteiger partial charge is 0.305 e. The van der Waals surface area contributed by atoms with Crippen LogP contribution in [0.15, 0.2) is 18.3 Å². The SMILES string of the molecule is Cc1cccnc1NC(=O)[C@](F)(OC(F)(F)[C@](F)(OC(F)(F)C(F)(F)C(F)(F)F)C(F)(F)F)C(F)(F)F. The average molecular weight is 586 g/mol. The maximum absolute atomic E-state index is 14.4. The maximum Gasteiger partial charge on any atom is 0.462 e. The number of rotatable bonds is 8. The van der Waals surface area contributed by atoms with E-state index in [0.29, 0.717) is 6.20 Å². The molecule has 0 aromatic carbocycles. The minimum Gasteiger partial charge on any atom is -0.305 e. The lowest BCUT2D eigenvalue weighted by molar-refractivity contribution is -0.548. The van der Waals surface area contributed by atoms with Crippen molar-refractivity contribution >= 4 is 11.7 Å². The minimum atomic E-state index is -8.07. The maximum atomic E-state index is 14.4. The number of halogens is 17. The highest BCUT2D eigenvalue weighted by Crippen LogP contribution is 2.56. The van der Waals surface area contributed by atoms with Crippen LogP contribution in [0.4, 0.5) is 80.5 Å². The third-order valence-electron chi connectivity index (χ3n) is 3.90. The number of aromatic nitrogens is 1. The molecule has 0 saturated carbocycles. The van der Waals surface area contributed by atoms with Crippen LogP contribution >= 0.6 is 0 Å². The number of hydrogen-bond donors (Lipinski definition) is 1. The topological polar surface area (TPSA) is 60.5 Å². The van der Waals surface area contributed by atoms with E-state index in [4.69, 9.17) is 0 Å². The Balaban J connectivity index is 3.64. The van der Waals surface area contributed by atoms with Gasteiger partial charge in [0.15, 0.2) is 0 Å². The molecule has 37 heavy (non-hydrogen) atoms. The molecule has 1 heterocycles. The van der Waals surface area contributed by atoms with Gasteiger partial charge in [-0.3, -0.25) is 14.3 Å². The summed E-state index contributed by atoms with van der Waals surface area (Å²) in [4.78, 5) is 14.8. The van der Waals surface area contributed by atoms with Gasteiger partial charge in [0.05, 0.1) is 0 Å². The normalized spacial score (nSPS) is 17.7. The zero-order chi connectivity index (χ0) is 29.7. The van der Waals surface area contributed by atoms with Gasteiger partial charge in [0, 0.05) is 6.20 Å². The number of carbonyl (C=O) groups excluding carboxylic acids is 1. The fourth-order valence-electron chi connectivity index (χ4n) is 1.97. The zero-order valence-corrected chi connectivity index (χ0v) is 16.8. The number of anilines is 1. The number of nitrogens with one attached hydrogen (secondary N) is 1. The molecule has 0 fully saturated rings. The molecule has 5 nitrogen and oxygen atoms in total. The van der Waals surface area contributed by atoms with Crippen LogP contribution in [0.5, 0.6) is 0 Å². The standard InChI is InChI=1S/C15H7F17N2O3/c1-5-3-2-4-33-6(5)34-7(35)8(16,11(20,21)22)36-15(31,32)10(19,13(26,27)28)37-14(29,30)9(17,18)12(23,24)25/h2-4H,1H3,(H,33,34,35)/t8-,10+/m0/s1. The molecule has 1 amide bonds. The summed E-state index contributed by atoms with van der Waals surface area (Å²) in [6, 6.07) is 1.97. The third-order valence-corrected chi connectivity index (χ3v) is 3.90. The molecule has 2 atom stereocenters. The first kappa shape index (κ1) is 32.4. The number of hydrogen-bond acceptors (Lipinski definition) is 4. The molecule has 22 heteroatoms. The molecule has 0 unspecified atom stereocenters. The van der Waals surface area contributed by atoms with Crippen molar-refractivity contribution in [1.29, 1.82) is 0 Å². The van der Waals surface area contributed by atoms with Gasteiger partial charge in [-0.15, -0.1) is 0 Å². The molecule has 0 radical (unpaired) electrons. The number of nitrogens with zero attached hydrogens (tertiary/aromatic N) is 1. The second-order valence-electron chi connectivity index (χ2n) is 6.62. The summed E-state index contributed by atoms with van der Waals surface area (Å²) in [5, 5.41) is 0.798. The first-order chi connectivity index (χ1) is 16.1. The number of amides is 1.